The first-order chi connectivity index (χ1) is 7.09. The highest BCUT2D eigenvalue weighted by Crippen LogP contribution is 2.21. The molecule has 2 heterocycles. The number of nitrogen functional groups attached to an aromatic ring is 1. The second-order valence-electron chi connectivity index (χ2n) is 3.67. The van der Waals surface area contributed by atoms with Gasteiger partial charge in [0.25, 0.3) is 0 Å². The lowest BCUT2D eigenvalue weighted by Crippen LogP contribution is -2.19. The van der Waals surface area contributed by atoms with Crippen molar-refractivity contribution in [3.63, 3.8) is 0 Å². The lowest BCUT2D eigenvalue weighted by atomic mass is 10.2. The first-order valence-corrected chi connectivity index (χ1v) is 5.14. The molecule has 0 bridgehead atoms. The van der Waals surface area contributed by atoms with Gasteiger partial charge in [0.1, 0.15) is 11.6 Å². The van der Waals surface area contributed by atoms with Crippen LogP contribution < -0.4 is 11.5 Å². The summed E-state index contributed by atoms with van der Waals surface area (Å²) in [5, 5.41) is 0.470. The molecular weight excluding hydrogens is 212 g/mol. The maximum Gasteiger partial charge on any atom is 0.155 e. The third kappa shape index (κ3) is 1.78. The zero-order valence-electron chi connectivity index (χ0n) is 8.44. The Hall–Kier alpha value is -1.26. The van der Waals surface area contributed by atoms with E-state index in [0.717, 1.165) is 11.3 Å². The van der Waals surface area contributed by atoms with Gasteiger partial charge in [0.15, 0.2) is 5.15 Å². The van der Waals surface area contributed by atoms with Crippen molar-refractivity contribution in [3.05, 3.63) is 29.2 Å². The van der Waals surface area contributed by atoms with Crippen LogP contribution in [0.25, 0.3) is 5.52 Å². The molecule has 0 saturated heterocycles. The van der Waals surface area contributed by atoms with Crippen LogP contribution in [0.2, 0.25) is 5.15 Å². The zero-order valence-corrected chi connectivity index (χ0v) is 9.20. The maximum absolute atomic E-state index is 6.00. The Morgan fingerprint density at radius 1 is 1.53 bits per heavy atom. The van der Waals surface area contributed by atoms with E-state index in [2.05, 4.69) is 4.98 Å². The number of pyridine rings is 1. The number of hydrogen-bond donors (Lipinski definition) is 2. The van der Waals surface area contributed by atoms with Gasteiger partial charge < -0.3 is 11.5 Å². The molecule has 5 heteroatoms. The molecule has 0 radical (unpaired) electrons. The second-order valence-corrected chi connectivity index (χ2v) is 4.03. The van der Waals surface area contributed by atoms with Crippen molar-refractivity contribution in [3.8, 4) is 0 Å². The number of nitrogens with two attached hydrogens (primary N) is 2. The molecule has 2 aromatic rings. The number of imidazole rings is 1. The van der Waals surface area contributed by atoms with Crippen LogP contribution in [0.5, 0.6) is 0 Å². The summed E-state index contributed by atoms with van der Waals surface area (Å²) in [6, 6.07) is 5.59. The first kappa shape index (κ1) is 10.3. The van der Waals surface area contributed by atoms with Crippen LogP contribution in [0.4, 0.5) is 5.82 Å². The van der Waals surface area contributed by atoms with Gasteiger partial charge >= 0.3 is 0 Å². The Morgan fingerprint density at radius 3 is 2.93 bits per heavy atom. The molecule has 80 valence electrons. The molecular formula is C10H13ClN4. The average Bonchev–Trinajstić information content (AvgIpc) is 2.44. The number of halogens is 1. The fourth-order valence-corrected chi connectivity index (χ4v) is 1.87. The number of anilines is 1. The van der Waals surface area contributed by atoms with E-state index in [1.165, 1.54) is 0 Å². The van der Waals surface area contributed by atoms with E-state index in [9.17, 15) is 0 Å². The number of fused-ring (bicyclic) bond motifs is 1. The molecule has 0 aliphatic heterocycles. The Labute approximate surface area is 92.8 Å². The summed E-state index contributed by atoms with van der Waals surface area (Å²) < 4.78 is 1.84. The van der Waals surface area contributed by atoms with Crippen LogP contribution >= 0.6 is 11.6 Å². The predicted molar refractivity (Wildman–Crippen MR) is 62.0 cm³/mol. The fraction of sp³-hybridized carbons (Fsp3) is 0.300. The molecule has 15 heavy (non-hydrogen) atoms. The van der Waals surface area contributed by atoms with Crippen LogP contribution in [0.1, 0.15) is 12.7 Å². The van der Waals surface area contributed by atoms with Gasteiger partial charge in [-0.25, -0.2) is 4.98 Å². The number of nitrogens with zero attached hydrogens (tertiary/aromatic N) is 2. The number of hydrogen-bond acceptors (Lipinski definition) is 3. The van der Waals surface area contributed by atoms with Crippen LogP contribution in [-0.2, 0) is 6.42 Å². The van der Waals surface area contributed by atoms with Gasteiger partial charge in [0.2, 0.25) is 0 Å². The third-order valence-electron chi connectivity index (χ3n) is 2.22. The summed E-state index contributed by atoms with van der Waals surface area (Å²) >= 11 is 6.00. The normalized spacial score (nSPS) is 13.3. The highest BCUT2D eigenvalue weighted by molar-refractivity contribution is 6.32. The van der Waals surface area contributed by atoms with E-state index in [-0.39, 0.29) is 6.04 Å². The lowest BCUT2D eigenvalue weighted by Gasteiger charge is -2.06. The van der Waals surface area contributed by atoms with E-state index in [4.69, 9.17) is 23.1 Å². The van der Waals surface area contributed by atoms with Gasteiger partial charge in [0.05, 0.1) is 5.52 Å². The fourth-order valence-electron chi connectivity index (χ4n) is 1.62. The summed E-state index contributed by atoms with van der Waals surface area (Å²) in [5.41, 5.74) is 12.4. The van der Waals surface area contributed by atoms with Gasteiger partial charge in [-0.3, -0.25) is 4.40 Å². The van der Waals surface area contributed by atoms with E-state index >= 15 is 0 Å². The molecule has 0 fully saturated rings. The minimum Gasteiger partial charge on any atom is -0.385 e. The van der Waals surface area contributed by atoms with Crippen molar-refractivity contribution in [1.29, 1.82) is 0 Å². The standard InChI is InChI=1S/C10H13ClN4/c1-6(12)5-9-14-10(11)7-3-2-4-8(13)15(7)9/h2-4,6H,5,12-13H2,1H3. The van der Waals surface area contributed by atoms with Gasteiger partial charge in [-0.1, -0.05) is 17.7 Å². The molecule has 1 unspecified atom stereocenters. The molecule has 0 saturated carbocycles. The van der Waals surface area contributed by atoms with Gasteiger partial charge in [-0.15, -0.1) is 0 Å². The molecule has 0 amide bonds. The quantitative estimate of drug-likeness (QED) is 0.812. The molecule has 0 aliphatic rings. The minimum absolute atomic E-state index is 0.0336. The lowest BCUT2D eigenvalue weighted by molar-refractivity contribution is 0.701. The van der Waals surface area contributed by atoms with Crippen molar-refractivity contribution >= 4 is 22.9 Å². The van der Waals surface area contributed by atoms with Crippen molar-refractivity contribution in [1.82, 2.24) is 9.38 Å². The largest absolute Gasteiger partial charge is 0.385 e. The Morgan fingerprint density at radius 2 is 2.27 bits per heavy atom. The van der Waals surface area contributed by atoms with Crippen LogP contribution in [0.15, 0.2) is 18.2 Å². The van der Waals surface area contributed by atoms with Crippen molar-refractivity contribution < 1.29 is 0 Å². The molecule has 2 aromatic heterocycles. The average molecular weight is 225 g/mol. The van der Waals surface area contributed by atoms with E-state index < -0.39 is 0 Å². The zero-order chi connectivity index (χ0) is 11.0. The van der Waals surface area contributed by atoms with Crippen LogP contribution in [0.3, 0.4) is 0 Å². The van der Waals surface area contributed by atoms with Gasteiger partial charge in [0, 0.05) is 12.5 Å². The van der Waals surface area contributed by atoms with Crippen LogP contribution in [0, 0.1) is 0 Å². The SMILES string of the molecule is CC(N)Cc1nc(Cl)c2cccc(N)n12. The first-order valence-electron chi connectivity index (χ1n) is 4.76. The monoisotopic (exact) mass is 224 g/mol. The molecule has 0 aliphatic carbocycles. The highest BCUT2D eigenvalue weighted by atomic mass is 35.5. The summed E-state index contributed by atoms with van der Waals surface area (Å²) in [5.74, 6) is 1.44. The molecule has 1 atom stereocenters. The van der Waals surface area contributed by atoms with Crippen LogP contribution in [-0.4, -0.2) is 15.4 Å². The predicted octanol–water partition coefficient (Wildman–Crippen LogP) is 1.46. The summed E-state index contributed by atoms with van der Waals surface area (Å²) in [6.07, 6.45) is 0.655. The molecule has 4 N–H and O–H groups in total. The topological polar surface area (TPSA) is 69.3 Å². The summed E-state index contributed by atoms with van der Waals surface area (Å²) in [7, 11) is 0. The molecule has 0 aromatic carbocycles. The van der Waals surface area contributed by atoms with E-state index in [1.54, 1.807) is 0 Å². The van der Waals surface area contributed by atoms with Gasteiger partial charge in [-0.05, 0) is 19.1 Å². The van der Waals surface area contributed by atoms with E-state index in [1.807, 2.05) is 29.5 Å². The third-order valence-corrected chi connectivity index (χ3v) is 2.50. The molecule has 4 nitrogen and oxygen atoms in total. The Bertz CT molecular complexity index is 489. The van der Waals surface area contributed by atoms with Crippen molar-refractivity contribution in [2.45, 2.75) is 19.4 Å². The van der Waals surface area contributed by atoms with Crippen molar-refractivity contribution in [2.24, 2.45) is 5.73 Å². The number of aromatic nitrogens is 2. The minimum atomic E-state index is 0.0336. The second kappa shape index (κ2) is 3.72. The maximum atomic E-state index is 6.00. The van der Waals surface area contributed by atoms with E-state index in [0.29, 0.717) is 17.4 Å². The highest BCUT2D eigenvalue weighted by Gasteiger charge is 2.12. The molecule has 0 spiro atoms. The molecule has 2 rings (SSSR count). The Kier molecular flexibility index (Phi) is 2.54. The summed E-state index contributed by atoms with van der Waals surface area (Å²) in [4.78, 5) is 4.26. The smallest absolute Gasteiger partial charge is 0.155 e. The summed E-state index contributed by atoms with van der Waals surface area (Å²) in [6.45, 7) is 1.92. The van der Waals surface area contributed by atoms with Gasteiger partial charge in [-0.2, -0.15) is 0 Å². The Balaban J connectivity index is 2.65. The van der Waals surface area contributed by atoms with Crippen molar-refractivity contribution in [2.75, 3.05) is 5.73 Å². The number of rotatable bonds is 2.